The number of benzene rings is 1. The molecule has 9 heteroatoms. The molecule has 0 aliphatic carbocycles. The summed E-state index contributed by atoms with van der Waals surface area (Å²) in [6.07, 6.45) is 0.716. The lowest BCUT2D eigenvalue weighted by atomic mass is 10.0. The van der Waals surface area contributed by atoms with Crippen molar-refractivity contribution in [1.29, 1.82) is 0 Å². The quantitative estimate of drug-likeness (QED) is 0.357. The van der Waals surface area contributed by atoms with Gasteiger partial charge in [-0.2, -0.15) is 0 Å². The molecule has 0 saturated carbocycles. The fraction of sp³-hybridized carbons (Fsp3) is 0.158. The number of aromatic nitrogens is 4. The maximum absolute atomic E-state index is 12.1. The van der Waals surface area contributed by atoms with Crippen LogP contribution in [0.5, 0.6) is 0 Å². The standard InChI is InChI=1S/C19H16ClN5OS2/c1-2-12-15(10-3-5-11(20)6-4-10)17(21)25-19(23-12)28-9-14-22-13-7-8-27-16(13)18(26)24-14/h3-8H,2,9H2,1H3,(H2,21,23,25)(H,22,24,26). The van der Waals surface area contributed by atoms with E-state index in [0.717, 1.165) is 16.8 Å². The minimum Gasteiger partial charge on any atom is -0.383 e. The van der Waals surface area contributed by atoms with Crippen molar-refractivity contribution in [2.75, 3.05) is 5.73 Å². The summed E-state index contributed by atoms with van der Waals surface area (Å²) in [4.78, 5) is 28.5. The number of rotatable bonds is 5. The third kappa shape index (κ3) is 3.76. The number of hydrogen-bond donors (Lipinski definition) is 2. The topological polar surface area (TPSA) is 97.5 Å². The van der Waals surface area contributed by atoms with Crippen molar-refractivity contribution in [1.82, 2.24) is 19.9 Å². The first-order valence-electron chi connectivity index (χ1n) is 8.56. The summed E-state index contributed by atoms with van der Waals surface area (Å²) >= 11 is 8.75. The van der Waals surface area contributed by atoms with Crippen LogP contribution in [0, 0.1) is 0 Å². The second kappa shape index (κ2) is 7.90. The molecule has 142 valence electrons. The van der Waals surface area contributed by atoms with Gasteiger partial charge < -0.3 is 10.7 Å². The number of thiophene rings is 1. The Bertz CT molecular complexity index is 1200. The molecular formula is C19H16ClN5OS2. The average molecular weight is 430 g/mol. The van der Waals surface area contributed by atoms with Gasteiger partial charge >= 0.3 is 0 Å². The Morgan fingerprint density at radius 1 is 1.18 bits per heavy atom. The van der Waals surface area contributed by atoms with Gasteiger partial charge in [0.25, 0.3) is 5.56 Å². The largest absolute Gasteiger partial charge is 0.383 e. The summed E-state index contributed by atoms with van der Waals surface area (Å²) in [5.41, 5.74) is 9.47. The van der Waals surface area contributed by atoms with Crippen LogP contribution < -0.4 is 11.3 Å². The van der Waals surface area contributed by atoms with Crippen LogP contribution >= 0.6 is 34.7 Å². The van der Waals surface area contributed by atoms with Gasteiger partial charge in [-0.3, -0.25) is 4.79 Å². The van der Waals surface area contributed by atoms with Crippen molar-refractivity contribution in [2.45, 2.75) is 24.3 Å². The zero-order valence-electron chi connectivity index (χ0n) is 14.9. The van der Waals surface area contributed by atoms with E-state index in [4.69, 9.17) is 17.3 Å². The number of nitrogen functional groups attached to an aromatic ring is 1. The number of nitrogens with two attached hydrogens (primary N) is 1. The Hall–Kier alpha value is -2.42. The Balaban J connectivity index is 1.62. The molecule has 0 aliphatic rings. The van der Waals surface area contributed by atoms with Crippen LogP contribution in [0.15, 0.2) is 45.7 Å². The van der Waals surface area contributed by atoms with Gasteiger partial charge in [-0.25, -0.2) is 15.0 Å². The predicted molar refractivity (Wildman–Crippen MR) is 116 cm³/mol. The monoisotopic (exact) mass is 429 g/mol. The van der Waals surface area contributed by atoms with E-state index in [-0.39, 0.29) is 5.56 Å². The minimum absolute atomic E-state index is 0.122. The van der Waals surface area contributed by atoms with Gasteiger partial charge in [0.15, 0.2) is 5.16 Å². The molecule has 3 heterocycles. The number of aryl methyl sites for hydroxylation is 1. The molecule has 3 N–H and O–H groups in total. The van der Waals surface area contributed by atoms with Crippen LogP contribution in [0.1, 0.15) is 18.4 Å². The molecular weight excluding hydrogens is 414 g/mol. The van der Waals surface area contributed by atoms with Crippen LogP contribution in [-0.2, 0) is 12.2 Å². The minimum atomic E-state index is -0.122. The molecule has 0 unspecified atom stereocenters. The Kier molecular flexibility index (Phi) is 5.34. The van der Waals surface area contributed by atoms with Gasteiger partial charge in [-0.05, 0) is 35.6 Å². The zero-order chi connectivity index (χ0) is 19.7. The Morgan fingerprint density at radius 2 is 1.96 bits per heavy atom. The first-order chi connectivity index (χ1) is 13.5. The highest BCUT2D eigenvalue weighted by molar-refractivity contribution is 7.98. The van der Waals surface area contributed by atoms with Crippen LogP contribution in [0.4, 0.5) is 5.82 Å². The molecule has 28 heavy (non-hydrogen) atoms. The van der Waals surface area contributed by atoms with Crippen LogP contribution in [-0.4, -0.2) is 19.9 Å². The summed E-state index contributed by atoms with van der Waals surface area (Å²) in [7, 11) is 0. The normalized spacial score (nSPS) is 11.2. The summed E-state index contributed by atoms with van der Waals surface area (Å²) < 4.78 is 0.634. The first kappa shape index (κ1) is 18.9. The summed E-state index contributed by atoms with van der Waals surface area (Å²) in [5, 5.41) is 3.08. The zero-order valence-corrected chi connectivity index (χ0v) is 17.3. The summed E-state index contributed by atoms with van der Waals surface area (Å²) in [6.45, 7) is 2.03. The first-order valence-corrected chi connectivity index (χ1v) is 10.8. The molecule has 0 spiro atoms. The predicted octanol–water partition coefficient (Wildman–Crippen LogP) is 4.53. The fourth-order valence-electron chi connectivity index (χ4n) is 2.88. The van der Waals surface area contributed by atoms with E-state index in [2.05, 4.69) is 19.9 Å². The summed E-state index contributed by atoms with van der Waals surface area (Å²) in [6, 6.07) is 9.30. The number of aromatic amines is 1. The van der Waals surface area contributed by atoms with Gasteiger partial charge in [0.1, 0.15) is 16.3 Å². The maximum atomic E-state index is 12.1. The summed E-state index contributed by atoms with van der Waals surface area (Å²) in [5.74, 6) is 1.46. The molecule has 0 atom stereocenters. The second-order valence-electron chi connectivity index (χ2n) is 6.01. The number of H-pyrrole nitrogens is 1. The molecule has 0 bridgehead atoms. The van der Waals surface area contributed by atoms with E-state index in [1.165, 1.54) is 23.1 Å². The fourth-order valence-corrected chi connectivity index (χ4v) is 4.47. The highest BCUT2D eigenvalue weighted by atomic mass is 35.5. The smallest absolute Gasteiger partial charge is 0.268 e. The van der Waals surface area contributed by atoms with Crippen LogP contribution in [0.3, 0.4) is 0 Å². The van der Waals surface area contributed by atoms with E-state index in [9.17, 15) is 4.79 Å². The van der Waals surface area contributed by atoms with Gasteiger partial charge in [0.05, 0.1) is 17.0 Å². The molecule has 0 radical (unpaired) electrons. The SMILES string of the molecule is CCc1nc(SCc2nc3ccsc3c(=O)[nH]2)nc(N)c1-c1ccc(Cl)cc1. The highest BCUT2D eigenvalue weighted by Crippen LogP contribution is 2.31. The van der Waals surface area contributed by atoms with Crippen molar-refractivity contribution in [2.24, 2.45) is 0 Å². The number of fused-ring (bicyclic) bond motifs is 1. The van der Waals surface area contributed by atoms with E-state index < -0.39 is 0 Å². The van der Waals surface area contributed by atoms with Crippen LogP contribution in [0.25, 0.3) is 21.3 Å². The molecule has 0 amide bonds. The average Bonchev–Trinajstić information content (AvgIpc) is 3.16. The van der Waals surface area contributed by atoms with Crippen molar-refractivity contribution >= 4 is 50.7 Å². The molecule has 1 aromatic carbocycles. The molecule has 6 nitrogen and oxygen atoms in total. The third-order valence-corrected chi connectivity index (χ3v) is 6.17. The van der Waals surface area contributed by atoms with E-state index in [1.807, 2.05) is 42.6 Å². The van der Waals surface area contributed by atoms with Gasteiger partial charge in [-0.1, -0.05) is 42.4 Å². The lowest BCUT2D eigenvalue weighted by Crippen LogP contribution is -2.10. The molecule has 0 fully saturated rings. The van der Waals surface area contributed by atoms with Crippen molar-refractivity contribution in [3.63, 3.8) is 0 Å². The maximum Gasteiger partial charge on any atom is 0.268 e. The lowest BCUT2D eigenvalue weighted by molar-refractivity contribution is 0.897. The second-order valence-corrected chi connectivity index (χ2v) is 8.30. The van der Waals surface area contributed by atoms with Crippen molar-refractivity contribution in [3.8, 4) is 11.1 Å². The van der Waals surface area contributed by atoms with E-state index in [0.29, 0.717) is 44.2 Å². The van der Waals surface area contributed by atoms with Crippen molar-refractivity contribution in [3.05, 3.63) is 62.6 Å². The lowest BCUT2D eigenvalue weighted by Gasteiger charge is -2.12. The number of nitrogens with one attached hydrogen (secondary N) is 1. The molecule has 0 saturated heterocycles. The van der Waals surface area contributed by atoms with Gasteiger partial charge in [-0.15, -0.1) is 11.3 Å². The molecule has 3 aromatic heterocycles. The number of nitrogens with zero attached hydrogens (tertiary/aromatic N) is 3. The molecule has 4 aromatic rings. The van der Waals surface area contributed by atoms with E-state index >= 15 is 0 Å². The van der Waals surface area contributed by atoms with E-state index in [1.54, 1.807) is 0 Å². The number of anilines is 1. The van der Waals surface area contributed by atoms with Gasteiger partial charge in [0, 0.05) is 10.6 Å². The Labute approximate surface area is 174 Å². The molecule has 0 aliphatic heterocycles. The van der Waals surface area contributed by atoms with Crippen LogP contribution in [0.2, 0.25) is 5.02 Å². The Morgan fingerprint density at radius 3 is 2.71 bits per heavy atom. The third-order valence-electron chi connectivity index (χ3n) is 4.16. The highest BCUT2D eigenvalue weighted by Gasteiger charge is 2.14. The number of halogens is 1. The number of hydrogen-bond acceptors (Lipinski definition) is 7. The van der Waals surface area contributed by atoms with Crippen molar-refractivity contribution < 1.29 is 0 Å². The van der Waals surface area contributed by atoms with Gasteiger partial charge in [0.2, 0.25) is 0 Å². The number of thioether (sulfide) groups is 1. The molecule has 4 rings (SSSR count).